The molecule has 0 radical (unpaired) electrons. The van der Waals surface area contributed by atoms with Crippen LogP contribution in [-0.4, -0.2) is 65.7 Å². The van der Waals surface area contributed by atoms with Crippen molar-refractivity contribution in [3.8, 4) is 22.9 Å². The third kappa shape index (κ3) is 6.01. The van der Waals surface area contributed by atoms with Crippen molar-refractivity contribution in [2.75, 3.05) is 39.9 Å². The molecule has 1 atom stereocenters. The van der Waals surface area contributed by atoms with Gasteiger partial charge >= 0.3 is 0 Å². The molecule has 0 spiro atoms. The number of amides is 1. The van der Waals surface area contributed by atoms with Gasteiger partial charge in [0.1, 0.15) is 6.61 Å². The summed E-state index contributed by atoms with van der Waals surface area (Å²) in [6, 6.07) is 13.6. The van der Waals surface area contributed by atoms with E-state index in [1.807, 2.05) is 54.3 Å². The first-order chi connectivity index (χ1) is 17.5. The van der Waals surface area contributed by atoms with Crippen LogP contribution in [0.1, 0.15) is 30.0 Å². The second-order valence-corrected chi connectivity index (χ2v) is 8.70. The maximum atomic E-state index is 12.8. The van der Waals surface area contributed by atoms with Crippen LogP contribution in [0.2, 0.25) is 0 Å². The van der Waals surface area contributed by atoms with Gasteiger partial charge in [0.15, 0.2) is 11.5 Å². The Bertz CT molecular complexity index is 1210. The summed E-state index contributed by atoms with van der Waals surface area (Å²) in [5.41, 5.74) is 2.98. The molecule has 8 heteroatoms. The van der Waals surface area contributed by atoms with Gasteiger partial charge in [0.25, 0.3) is 0 Å². The van der Waals surface area contributed by atoms with Crippen LogP contribution in [0.15, 0.2) is 65.7 Å². The van der Waals surface area contributed by atoms with Crippen molar-refractivity contribution >= 4 is 12.0 Å². The molecule has 3 aromatic rings. The van der Waals surface area contributed by atoms with Crippen molar-refractivity contribution in [3.63, 3.8) is 0 Å². The molecular formula is C28H32N4O4. The molecule has 0 N–H and O–H groups in total. The SMILES string of the molecule is C=CCOc1ccc(/C=C/C(=O)N2CCN(C(C)c3nc(-c4ccc(C)cc4)no3)CC2)cc1OC. The molecule has 0 saturated carbocycles. The number of benzene rings is 2. The van der Waals surface area contributed by atoms with Gasteiger partial charge in [0, 0.05) is 37.8 Å². The zero-order valence-corrected chi connectivity index (χ0v) is 21.0. The average Bonchev–Trinajstić information content (AvgIpc) is 3.41. The molecule has 1 saturated heterocycles. The van der Waals surface area contributed by atoms with E-state index < -0.39 is 0 Å². The van der Waals surface area contributed by atoms with Crippen molar-refractivity contribution < 1.29 is 18.8 Å². The summed E-state index contributed by atoms with van der Waals surface area (Å²) in [6.45, 7) is 10.9. The Kier molecular flexibility index (Phi) is 8.17. The van der Waals surface area contributed by atoms with E-state index >= 15 is 0 Å². The van der Waals surface area contributed by atoms with Crippen LogP contribution < -0.4 is 9.47 Å². The van der Waals surface area contributed by atoms with Crippen molar-refractivity contribution in [2.24, 2.45) is 0 Å². The van der Waals surface area contributed by atoms with Crippen molar-refractivity contribution in [2.45, 2.75) is 19.9 Å². The molecule has 1 amide bonds. The quantitative estimate of drug-likeness (QED) is 0.323. The van der Waals surface area contributed by atoms with Gasteiger partial charge in [-0.15, -0.1) is 0 Å². The van der Waals surface area contributed by atoms with Crippen LogP contribution in [0, 0.1) is 6.92 Å². The monoisotopic (exact) mass is 488 g/mol. The molecule has 2 aromatic carbocycles. The first kappa shape index (κ1) is 25.2. The van der Waals surface area contributed by atoms with Crippen LogP contribution in [-0.2, 0) is 4.79 Å². The topological polar surface area (TPSA) is 80.9 Å². The minimum Gasteiger partial charge on any atom is -0.493 e. The van der Waals surface area contributed by atoms with Gasteiger partial charge in [-0.05, 0) is 37.6 Å². The third-order valence-electron chi connectivity index (χ3n) is 6.25. The number of carbonyl (C=O) groups is 1. The Morgan fingerprint density at radius 1 is 1.14 bits per heavy atom. The molecular weight excluding hydrogens is 456 g/mol. The van der Waals surface area contributed by atoms with Gasteiger partial charge in [-0.25, -0.2) is 0 Å². The summed E-state index contributed by atoms with van der Waals surface area (Å²) in [7, 11) is 1.59. The zero-order chi connectivity index (χ0) is 25.5. The van der Waals surface area contributed by atoms with Gasteiger partial charge in [0.2, 0.25) is 17.6 Å². The fraction of sp³-hybridized carbons (Fsp3) is 0.321. The fourth-order valence-electron chi connectivity index (χ4n) is 4.04. The van der Waals surface area contributed by atoms with E-state index in [2.05, 4.69) is 28.5 Å². The number of hydrogen-bond acceptors (Lipinski definition) is 7. The summed E-state index contributed by atoms with van der Waals surface area (Å²) in [5.74, 6) is 2.40. The zero-order valence-electron chi connectivity index (χ0n) is 21.0. The van der Waals surface area contributed by atoms with E-state index in [4.69, 9.17) is 14.0 Å². The number of nitrogens with zero attached hydrogens (tertiary/aromatic N) is 4. The normalized spacial score (nSPS) is 15.1. The van der Waals surface area contributed by atoms with Crippen LogP contribution in [0.5, 0.6) is 11.5 Å². The maximum Gasteiger partial charge on any atom is 0.246 e. The van der Waals surface area contributed by atoms with Gasteiger partial charge in [-0.2, -0.15) is 4.98 Å². The summed E-state index contributed by atoms with van der Waals surface area (Å²) in [6.07, 6.45) is 5.07. The van der Waals surface area contributed by atoms with Crippen molar-refractivity contribution in [1.82, 2.24) is 19.9 Å². The standard InChI is InChI=1S/C28H32N4O4/c1-5-18-35-24-12-8-22(19-25(24)34-4)9-13-26(33)32-16-14-31(15-17-32)21(3)28-29-27(30-36-28)23-10-6-20(2)7-11-23/h5-13,19,21H,1,14-18H2,2-4H3/b13-9+. The maximum absolute atomic E-state index is 12.8. The molecule has 0 aliphatic carbocycles. The second kappa shape index (κ2) is 11.7. The molecule has 4 rings (SSSR count). The number of hydrogen-bond donors (Lipinski definition) is 0. The van der Waals surface area contributed by atoms with Crippen LogP contribution in [0.25, 0.3) is 17.5 Å². The van der Waals surface area contributed by atoms with Crippen molar-refractivity contribution in [1.29, 1.82) is 0 Å². The van der Waals surface area contributed by atoms with E-state index in [0.717, 1.165) is 24.2 Å². The van der Waals surface area contributed by atoms with E-state index in [1.165, 1.54) is 5.56 Å². The second-order valence-electron chi connectivity index (χ2n) is 8.70. The smallest absolute Gasteiger partial charge is 0.246 e. The van der Waals surface area contributed by atoms with E-state index in [0.29, 0.717) is 42.9 Å². The summed E-state index contributed by atoms with van der Waals surface area (Å²) in [5, 5.41) is 4.15. The lowest BCUT2D eigenvalue weighted by Gasteiger charge is -2.36. The van der Waals surface area contributed by atoms with Crippen LogP contribution in [0.3, 0.4) is 0 Å². The average molecular weight is 489 g/mol. The molecule has 36 heavy (non-hydrogen) atoms. The molecule has 1 aromatic heterocycles. The Hall–Kier alpha value is -3.91. The summed E-state index contributed by atoms with van der Waals surface area (Å²) < 4.78 is 16.5. The number of aromatic nitrogens is 2. The fourth-order valence-corrected chi connectivity index (χ4v) is 4.04. The van der Waals surface area contributed by atoms with E-state index in [9.17, 15) is 4.79 Å². The lowest BCUT2D eigenvalue weighted by Crippen LogP contribution is -2.48. The number of piperazine rings is 1. The minimum atomic E-state index is -0.0289. The van der Waals surface area contributed by atoms with Crippen LogP contribution >= 0.6 is 0 Å². The largest absolute Gasteiger partial charge is 0.493 e. The Balaban J connectivity index is 1.31. The first-order valence-electron chi connectivity index (χ1n) is 12.0. The summed E-state index contributed by atoms with van der Waals surface area (Å²) >= 11 is 0. The van der Waals surface area contributed by atoms with Gasteiger partial charge in [-0.3, -0.25) is 9.69 Å². The molecule has 8 nitrogen and oxygen atoms in total. The molecule has 0 bridgehead atoms. The highest BCUT2D eigenvalue weighted by Crippen LogP contribution is 2.29. The molecule has 2 heterocycles. The van der Waals surface area contributed by atoms with Gasteiger partial charge in [-0.1, -0.05) is 53.7 Å². The third-order valence-corrected chi connectivity index (χ3v) is 6.25. The highest BCUT2D eigenvalue weighted by Gasteiger charge is 2.27. The molecule has 1 unspecified atom stereocenters. The predicted octanol–water partition coefficient (Wildman–Crippen LogP) is 4.54. The van der Waals surface area contributed by atoms with E-state index in [-0.39, 0.29) is 11.9 Å². The number of methoxy groups -OCH3 is 1. The van der Waals surface area contributed by atoms with Crippen molar-refractivity contribution in [3.05, 3.63) is 78.2 Å². The molecule has 1 aliphatic rings. The Labute approximate surface area is 211 Å². The molecule has 1 aliphatic heterocycles. The molecule has 188 valence electrons. The summed E-state index contributed by atoms with van der Waals surface area (Å²) in [4.78, 5) is 21.5. The number of aryl methyl sites for hydroxylation is 1. The first-order valence-corrected chi connectivity index (χ1v) is 12.0. The van der Waals surface area contributed by atoms with Gasteiger partial charge in [0.05, 0.1) is 13.2 Å². The predicted molar refractivity (Wildman–Crippen MR) is 139 cm³/mol. The lowest BCUT2D eigenvalue weighted by atomic mass is 10.1. The molecule has 1 fully saturated rings. The van der Waals surface area contributed by atoms with E-state index in [1.54, 1.807) is 25.3 Å². The minimum absolute atomic E-state index is 0.0206. The Morgan fingerprint density at radius 2 is 1.89 bits per heavy atom. The Morgan fingerprint density at radius 3 is 2.58 bits per heavy atom. The van der Waals surface area contributed by atoms with Crippen LogP contribution in [0.4, 0.5) is 0 Å². The van der Waals surface area contributed by atoms with Gasteiger partial charge < -0.3 is 18.9 Å². The lowest BCUT2D eigenvalue weighted by molar-refractivity contribution is -0.128. The number of carbonyl (C=O) groups excluding carboxylic acids is 1. The highest BCUT2D eigenvalue weighted by atomic mass is 16.5. The number of ether oxygens (including phenoxy) is 2. The highest BCUT2D eigenvalue weighted by molar-refractivity contribution is 5.92. The number of rotatable bonds is 9.